The molecule has 1 aromatic carbocycles. The quantitative estimate of drug-likeness (QED) is 0.788. The van der Waals surface area contributed by atoms with E-state index < -0.39 is 11.4 Å². The number of nitrogen functional groups attached to an aromatic ring is 1. The molecule has 5 nitrogen and oxygen atoms in total. The van der Waals surface area contributed by atoms with Crippen LogP contribution in [0.4, 0.5) is 10.2 Å². The molecule has 0 spiro atoms. The van der Waals surface area contributed by atoms with Gasteiger partial charge in [-0.3, -0.25) is 9.36 Å². The van der Waals surface area contributed by atoms with Crippen molar-refractivity contribution in [1.29, 1.82) is 0 Å². The summed E-state index contributed by atoms with van der Waals surface area (Å²) in [5, 5.41) is -0.175. The fraction of sp³-hybridized carbons (Fsp3) is 0.133. The lowest BCUT2D eigenvalue weighted by Gasteiger charge is -2.13. The first-order chi connectivity index (χ1) is 10.5. The maximum atomic E-state index is 13.7. The van der Waals surface area contributed by atoms with E-state index in [1.54, 1.807) is 12.1 Å². The van der Waals surface area contributed by atoms with Crippen LogP contribution in [0.5, 0.6) is 0 Å². The summed E-state index contributed by atoms with van der Waals surface area (Å²) in [5.41, 5.74) is 6.00. The van der Waals surface area contributed by atoms with Gasteiger partial charge in [0.15, 0.2) is 0 Å². The largest absolute Gasteiger partial charge is 0.384 e. The van der Waals surface area contributed by atoms with E-state index in [1.807, 2.05) is 6.92 Å². The molecule has 0 aliphatic heterocycles. The van der Waals surface area contributed by atoms with E-state index in [0.717, 1.165) is 0 Å². The lowest BCUT2D eigenvalue weighted by Crippen LogP contribution is -2.24. The number of benzene rings is 1. The maximum absolute atomic E-state index is 13.7. The van der Waals surface area contributed by atoms with E-state index >= 15 is 0 Å². The molecule has 0 bridgehead atoms. The number of aryl methyl sites for hydroxylation is 1. The zero-order valence-electron chi connectivity index (χ0n) is 11.7. The van der Waals surface area contributed by atoms with Crippen molar-refractivity contribution in [3.8, 4) is 5.69 Å². The molecule has 0 saturated carbocycles. The molecule has 2 N–H and O–H groups in total. The van der Waals surface area contributed by atoms with Crippen LogP contribution in [0.1, 0.15) is 12.7 Å². The summed E-state index contributed by atoms with van der Waals surface area (Å²) in [6.45, 7) is 1.87. The number of hydrogen-bond acceptors (Lipinski definition) is 4. The van der Waals surface area contributed by atoms with E-state index in [1.165, 1.54) is 22.9 Å². The van der Waals surface area contributed by atoms with Gasteiger partial charge in [0.05, 0.1) is 27.8 Å². The molecule has 2 aromatic heterocycles. The van der Waals surface area contributed by atoms with Crippen molar-refractivity contribution in [3.63, 3.8) is 0 Å². The standard InChI is InChI=1S/C15H12ClFN4O/c1-2-12-20-10-5-4-9(17)14(16)13(10)15(22)21(12)8-3-6-11(18)19-7-8/h3-7H,2H2,1H3,(H2,18,19). The van der Waals surface area contributed by atoms with Crippen LogP contribution >= 0.6 is 11.6 Å². The predicted octanol–water partition coefficient (Wildman–Crippen LogP) is 2.72. The molecule has 3 aromatic rings. The maximum Gasteiger partial charge on any atom is 0.267 e. The van der Waals surface area contributed by atoms with Crippen molar-refractivity contribution >= 4 is 28.3 Å². The van der Waals surface area contributed by atoms with Gasteiger partial charge in [0.2, 0.25) is 0 Å². The van der Waals surface area contributed by atoms with Crippen molar-refractivity contribution in [1.82, 2.24) is 14.5 Å². The first kappa shape index (κ1) is 14.5. The number of hydrogen-bond donors (Lipinski definition) is 1. The first-order valence-corrected chi connectivity index (χ1v) is 7.02. The Morgan fingerprint density at radius 3 is 2.73 bits per heavy atom. The van der Waals surface area contributed by atoms with Crippen LogP contribution in [0.2, 0.25) is 5.02 Å². The molecule has 0 saturated heterocycles. The van der Waals surface area contributed by atoms with E-state index in [-0.39, 0.29) is 10.4 Å². The third-order valence-electron chi connectivity index (χ3n) is 3.34. The Bertz CT molecular complexity index is 921. The molecule has 3 rings (SSSR count). The Kier molecular flexibility index (Phi) is 3.54. The van der Waals surface area contributed by atoms with E-state index in [4.69, 9.17) is 17.3 Å². The predicted molar refractivity (Wildman–Crippen MR) is 83.9 cm³/mol. The lowest BCUT2D eigenvalue weighted by molar-refractivity contribution is 0.629. The van der Waals surface area contributed by atoms with Gasteiger partial charge in [-0.25, -0.2) is 14.4 Å². The molecule has 22 heavy (non-hydrogen) atoms. The highest BCUT2D eigenvalue weighted by molar-refractivity contribution is 6.35. The first-order valence-electron chi connectivity index (χ1n) is 6.64. The minimum absolute atomic E-state index is 0.0516. The molecule has 0 atom stereocenters. The normalized spacial score (nSPS) is 11.0. The average Bonchev–Trinajstić information content (AvgIpc) is 2.51. The van der Waals surface area contributed by atoms with Gasteiger partial charge in [0.25, 0.3) is 5.56 Å². The zero-order valence-corrected chi connectivity index (χ0v) is 12.4. The van der Waals surface area contributed by atoms with Gasteiger partial charge in [-0.05, 0) is 24.3 Å². The molecular formula is C15H12ClFN4O. The van der Waals surface area contributed by atoms with Crippen molar-refractivity contribution in [3.05, 3.63) is 57.5 Å². The second-order valence-corrected chi connectivity index (χ2v) is 5.10. The summed E-state index contributed by atoms with van der Waals surface area (Å²) in [6.07, 6.45) is 1.99. The van der Waals surface area contributed by atoms with E-state index in [2.05, 4.69) is 9.97 Å². The monoisotopic (exact) mass is 318 g/mol. The van der Waals surface area contributed by atoms with Crippen LogP contribution < -0.4 is 11.3 Å². The second kappa shape index (κ2) is 5.38. The van der Waals surface area contributed by atoms with Gasteiger partial charge < -0.3 is 5.73 Å². The Morgan fingerprint density at radius 1 is 1.32 bits per heavy atom. The highest BCUT2D eigenvalue weighted by Crippen LogP contribution is 2.23. The molecule has 0 radical (unpaired) electrons. The highest BCUT2D eigenvalue weighted by atomic mass is 35.5. The number of anilines is 1. The van der Waals surface area contributed by atoms with Gasteiger partial charge in [-0.2, -0.15) is 0 Å². The number of nitrogens with zero attached hydrogens (tertiary/aromatic N) is 3. The van der Waals surface area contributed by atoms with Gasteiger partial charge in [0.1, 0.15) is 17.5 Å². The Balaban J connectivity index is 2.43. The molecule has 0 amide bonds. The number of aromatic nitrogens is 3. The SMILES string of the molecule is CCc1nc2ccc(F)c(Cl)c2c(=O)n1-c1ccc(N)nc1. The molecule has 0 aliphatic carbocycles. The minimum atomic E-state index is -0.653. The summed E-state index contributed by atoms with van der Waals surface area (Å²) in [7, 11) is 0. The van der Waals surface area contributed by atoms with Gasteiger partial charge in [-0.1, -0.05) is 18.5 Å². The molecule has 2 heterocycles. The number of fused-ring (bicyclic) bond motifs is 1. The Hall–Kier alpha value is -2.47. The zero-order chi connectivity index (χ0) is 15.9. The van der Waals surface area contributed by atoms with Gasteiger partial charge in [-0.15, -0.1) is 0 Å². The molecule has 112 valence electrons. The summed E-state index contributed by atoms with van der Waals surface area (Å²) >= 11 is 5.95. The van der Waals surface area contributed by atoms with Crippen LogP contribution in [-0.4, -0.2) is 14.5 Å². The number of rotatable bonds is 2. The second-order valence-electron chi connectivity index (χ2n) is 4.72. The van der Waals surface area contributed by atoms with Crippen molar-refractivity contribution < 1.29 is 4.39 Å². The van der Waals surface area contributed by atoms with Gasteiger partial charge >= 0.3 is 0 Å². The van der Waals surface area contributed by atoms with Crippen LogP contribution in [0.25, 0.3) is 16.6 Å². The molecule has 0 unspecified atom stereocenters. The van der Waals surface area contributed by atoms with Crippen LogP contribution in [-0.2, 0) is 6.42 Å². The van der Waals surface area contributed by atoms with Crippen molar-refractivity contribution in [2.24, 2.45) is 0 Å². The van der Waals surface area contributed by atoms with Gasteiger partial charge in [0, 0.05) is 6.42 Å². The van der Waals surface area contributed by atoms with E-state index in [9.17, 15) is 9.18 Å². The van der Waals surface area contributed by atoms with Crippen LogP contribution in [0, 0.1) is 5.82 Å². The van der Waals surface area contributed by atoms with Crippen molar-refractivity contribution in [2.75, 3.05) is 5.73 Å². The third-order valence-corrected chi connectivity index (χ3v) is 3.71. The van der Waals surface area contributed by atoms with Crippen LogP contribution in [0.15, 0.2) is 35.3 Å². The third kappa shape index (κ3) is 2.21. The highest BCUT2D eigenvalue weighted by Gasteiger charge is 2.16. The fourth-order valence-electron chi connectivity index (χ4n) is 2.29. The van der Waals surface area contributed by atoms with E-state index in [0.29, 0.717) is 29.3 Å². The Labute approximate surface area is 130 Å². The molecular weight excluding hydrogens is 307 g/mol. The fourth-order valence-corrected chi connectivity index (χ4v) is 2.53. The van der Waals surface area contributed by atoms with Crippen LogP contribution in [0.3, 0.4) is 0 Å². The summed E-state index contributed by atoms with van der Waals surface area (Å²) in [4.78, 5) is 21.2. The Morgan fingerprint density at radius 2 is 2.09 bits per heavy atom. The summed E-state index contributed by atoms with van der Waals surface area (Å²) in [5.74, 6) is 0.221. The lowest BCUT2D eigenvalue weighted by atomic mass is 10.2. The summed E-state index contributed by atoms with van der Waals surface area (Å²) in [6, 6.07) is 5.89. The average molecular weight is 319 g/mol. The number of nitrogens with two attached hydrogens (primary N) is 1. The number of pyridine rings is 1. The smallest absolute Gasteiger partial charge is 0.267 e. The van der Waals surface area contributed by atoms with Crippen molar-refractivity contribution in [2.45, 2.75) is 13.3 Å². The number of halogens is 2. The topological polar surface area (TPSA) is 73.8 Å². The molecule has 0 aliphatic rings. The minimum Gasteiger partial charge on any atom is -0.384 e. The molecule has 7 heteroatoms. The molecule has 0 fully saturated rings. The summed E-state index contributed by atoms with van der Waals surface area (Å²) < 4.78 is 15.0.